The lowest BCUT2D eigenvalue weighted by Crippen LogP contribution is -2.33. The summed E-state index contributed by atoms with van der Waals surface area (Å²) in [5.41, 5.74) is 2.62. The van der Waals surface area contributed by atoms with Crippen LogP contribution in [0.25, 0.3) is 16.9 Å². The van der Waals surface area contributed by atoms with E-state index in [0.717, 1.165) is 22.6 Å². The van der Waals surface area contributed by atoms with Gasteiger partial charge >= 0.3 is 6.03 Å². The Kier molecular flexibility index (Phi) is 6.71. The molecule has 2 amide bonds. The highest BCUT2D eigenvalue weighted by Crippen LogP contribution is 2.27. The van der Waals surface area contributed by atoms with E-state index in [1.807, 2.05) is 36.0 Å². The second-order valence-corrected chi connectivity index (χ2v) is 11.0. The minimum atomic E-state index is -4.07. The molecule has 4 N–H and O–H groups in total. The Hall–Kier alpha value is -3.25. The summed E-state index contributed by atoms with van der Waals surface area (Å²) >= 11 is 12.9. The average molecular weight is 538 g/mol. The molecule has 2 aromatic heterocycles. The van der Waals surface area contributed by atoms with Crippen LogP contribution < -0.4 is 20.9 Å². The van der Waals surface area contributed by atoms with Crippen LogP contribution >= 0.6 is 34.5 Å². The minimum absolute atomic E-state index is 0.0939. The molecule has 0 saturated heterocycles. The van der Waals surface area contributed by atoms with E-state index in [9.17, 15) is 18.0 Å². The molecule has 4 rings (SSSR count). The third-order valence-corrected chi connectivity index (χ3v) is 8.05. The summed E-state index contributed by atoms with van der Waals surface area (Å²) < 4.78 is 27.9. The van der Waals surface area contributed by atoms with Gasteiger partial charge in [-0.2, -0.15) is 0 Å². The Morgan fingerprint density at radius 1 is 1.00 bits per heavy atom. The van der Waals surface area contributed by atoms with Crippen LogP contribution in [0.4, 0.5) is 16.2 Å². The molecule has 0 saturated carbocycles. The van der Waals surface area contributed by atoms with Crippen LogP contribution in [-0.2, 0) is 10.0 Å². The fourth-order valence-corrected chi connectivity index (χ4v) is 5.73. The summed E-state index contributed by atoms with van der Waals surface area (Å²) in [5, 5.41) is 8.61. The van der Waals surface area contributed by atoms with Crippen molar-refractivity contribution in [3.05, 3.63) is 80.4 Å². The maximum atomic E-state index is 12.6. The second-order valence-electron chi connectivity index (χ2n) is 6.96. The largest absolute Gasteiger partial charge is 0.388 e. The summed E-state index contributed by atoms with van der Waals surface area (Å²) in [4.78, 5) is 24.7. The quantitative estimate of drug-likeness (QED) is 0.282. The molecule has 0 bridgehead atoms. The number of urea groups is 1. The van der Waals surface area contributed by atoms with E-state index in [1.165, 1.54) is 41.1 Å². The van der Waals surface area contributed by atoms with Crippen molar-refractivity contribution in [1.82, 2.24) is 14.5 Å². The number of carbonyl (C=O) groups excluding carboxylic acids is 1. The van der Waals surface area contributed by atoms with Crippen molar-refractivity contribution in [1.29, 1.82) is 0 Å². The number of halogens is 2. The van der Waals surface area contributed by atoms with Gasteiger partial charge in [-0.15, -0.1) is 11.3 Å². The lowest BCUT2D eigenvalue weighted by atomic mass is 10.1. The lowest BCUT2D eigenvalue weighted by Gasteiger charge is -2.10. The smallest absolute Gasteiger partial charge is 0.333 e. The number of sulfonamides is 1. The highest BCUT2D eigenvalue weighted by Gasteiger charge is 2.20. The number of benzene rings is 2. The van der Waals surface area contributed by atoms with Gasteiger partial charge in [0, 0.05) is 24.5 Å². The minimum Gasteiger partial charge on any atom is -0.388 e. The summed E-state index contributed by atoms with van der Waals surface area (Å²) in [6, 6.07) is 15.1. The number of rotatable bonds is 6. The molecule has 0 aliphatic carbocycles. The van der Waals surface area contributed by atoms with Gasteiger partial charge in [-0.1, -0.05) is 35.3 Å². The molecule has 4 aromatic rings. The number of anilines is 2. The number of nitrogens with zero attached hydrogens (tertiary/aromatic N) is 1. The van der Waals surface area contributed by atoms with Crippen molar-refractivity contribution >= 4 is 62.0 Å². The Labute approximate surface area is 208 Å². The summed E-state index contributed by atoms with van der Waals surface area (Å²) in [7, 11) is -2.25. The Morgan fingerprint density at radius 3 is 2.32 bits per heavy atom. The van der Waals surface area contributed by atoms with Crippen molar-refractivity contribution in [2.45, 2.75) is 4.21 Å². The first kappa shape index (κ1) is 23.9. The van der Waals surface area contributed by atoms with Gasteiger partial charge in [-0.3, -0.25) is 9.89 Å². The van der Waals surface area contributed by atoms with Gasteiger partial charge < -0.3 is 10.6 Å². The van der Waals surface area contributed by atoms with Gasteiger partial charge in [0.25, 0.3) is 15.6 Å². The molecule has 0 spiro atoms. The highest BCUT2D eigenvalue weighted by atomic mass is 35.5. The van der Waals surface area contributed by atoms with Crippen LogP contribution in [0.3, 0.4) is 0 Å². The summed E-state index contributed by atoms with van der Waals surface area (Å²) in [5.74, 6) is 0. The molecule has 2 aromatic carbocycles. The number of H-pyrrole nitrogens is 1. The Morgan fingerprint density at radius 2 is 1.71 bits per heavy atom. The molecule has 0 aliphatic rings. The van der Waals surface area contributed by atoms with E-state index < -0.39 is 16.1 Å². The van der Waals surface area contributed by atoms with Crippen LogP contribution in [0.5, 0.6) is 0 Å². The molecular formula is C21H17Cl2N5O4S2. The van der Waals surface area contributed by atoms with Crippen molar-refractivity contribution in [3.8, 4) is 16.9 Å². The zero-order chi connectivity index (χ0) is 24.5. The molecule has 0 radical (unpaired) electrons. The van der Waals surface area contributed by atoms with Gasteiger partial charge in [0.05, 0.1) is 20.7 Å². The number of thiophene rings is 1. The monoisotopic (exact) mass is 537 g/mol. The third-order valence-electron chi connectivity index (χ3n) is 4.69. The number of amides is 2. The molecule has 0 unspecified atom stereocenters. The number of hydrogen-bond acceptors (Lipinski definition) is 6. The third kappa shape index (κ3) is 5.12. The van der Waals surface area contributed by atoms with Crippen LogP contribution in [-0.4, -0.2) is 31.3 Å². The van der Waals surface area contributed by atoms with Gasteiger partial charge in [-0.05, 0) is 48.0 Å². The zero-order valence-corrected chi connectivity index (χ0v) is 20.6. The molecule has 0 fully saturated rings. The number of aromatic nitrogens is 2. The Bertz CT molecular complexity index is 1530. The predicted octanol–water partition coefficient (Wildman–Crippen LogP) is 4.75. The summed E-state index contributed by atoms with van der Waals surface area (Å²) in [6.07, 6.45) is 0. The molecular weight excluding hydrogens is 521 g/mol. The van der Waals surface area contributed by atoms with Gasteiger partial charge in [0.15, 0.2) is 0 Å². The van der Waals surface area contributed by atoms with Crippen molar-refractivity contribution < 1.29 is 13.2 Å². The number of hydrogen-bond donors (Lipinski definition) is 4. The SMILES string of the molecule is CNc1ccc(-c2cc(=O)n(-c3ccc(NC(=O)NS(=O)(=O)c4ccc(Cl)s4)cc3Cl)[nH]2)cc1. The number of nitrogens with one attached hydrogen (secondary N) is 4. The van der Waals surface area contributed by atoms with Crippen molar-refractivity contribution in [2.24, 2.45) is 0 Å². The molecule has 34 heavy (non-hydrogen) atoms. The highest BCUT2D eigenvalue weighted by molar-refractivity contribution is 7.92. The molecule has 13 heteroatoms. The molecule has 176 valence electrons. The van der Waals surface area contributed by atoms with Crippen LogP contribution in [0, 0.1) is 0 Å². The first-order valence-electron chi connectivity index (χ1n) is 9.65. The van der Waals surface area contributed by atoms with E-state index in [2.05, 4.69) is 15.7 Å². The second kappa shape index (κ2) is 9.55. The van der Waals surface area contributed by atoms with E-state index in [4.69, 9.17) is 23.2 Å². The van der Waals surface area contributed by atoms with Crippen LogP contribution in [0.15, 0.2) is 69.7 Å². The predicted molar refractivity (Wildman–Crippen MR) is 135 cm³/mol. The molecule has 0 atom stereocenters. The van der Waals surface area contributed by atoms with Gasteiger partial charge in [0.1, 0.15) is 4.21 Å². The van der Waals surface area contributed by atoms with E-state index in [0.29, 0.717) is 11.4 Å². The van der Waals surface area contributed by atoms with E-state index in [1.54, 1.807) is 0 Å². The van der Waals surface area contributed by atoms with E-state index in [-0.39, 0.29) is 24.8 Å². The van der Waals surface area contributed by atoms with Crippen LogP contribution in [0.1, 0.15) is 0 Å². The Balaban J connectivity index is 1.52. The van der Waals surface area contributed by atoms with E-state index >= 15 is 0 Å². The first-order valence-corrected chi connectivity index (χ1v) is 12.7. The number of carbonyl (C=O) groups is 1. The maximum absolute atomic E-state index is 12.6. The topological polar surface area (TPSA) is 125 Å². The molecule has 9 nitrogen and oxygen atoms in total. The van der Waals surface area contributed by atoms with Crippen molar-refractivity contribution in [2.75, 3.05) is 17.7 Å². The van der Waals surface area contributed by atoms with Crippen LogP contribution in [0.2, 0.25) is 9.36 Å². The molecule has 2 heterocycles. The van der Waals surface area contributed by atoms with Gasteiger partial charge in [-0.25, -0.2) is 22.6 Å². The standard InChI is InChI=1S/C21H17Cl2N5O4S2/c1-24-13-4-2-12(3-5-13)16-11-19(29)28(26-16)17-7-6-14(10-15(17)22)25-21(30)27-34(31,32)20-9-8-18(23)33-20/h2-11,24,26H,1H3,(H2,25,27,30). The first-order chi connectivity index (χ1) is 16.2. The maximum Gasteiger partial charge on any atom is 0.333 e. The fourth-order valence-electron chi connectivity index (χ4n) is 3.08. The molecule has 0 aliphatic heterocycles. The number of aromatic amines is 1. The zero-order valence-electron chi connectivity index (χ0n) is 17.4. The van der Waals surface area contributed by atoms with Crippen molar-refractivity contribution in [3.63, 3.8) is 0 Å². The normalized spacial score (nSPS) is 11.3. The fraction of sp³-hybridized carbons (Fsp3) is 0.0476. The average Bonchev–Trinajstić information content (AvgIpc) is 3.40. The van der Waals surface area contributed by atoms with Gasteiger partial charge in [0.2, 0.25) is 0 Å². The lowest BCUT2D eigenvalue weighted by molar-refractivity contribution is 0.256. The summed E-state index contributed by atoms with van der Waals surface area (Å²) in [6.45, 7) is 0.